The topological polar surface area (TPSA) is 92.5 Å². The second kappa shape index (κ2) is 6.68. The number of fused-ring (bicyclic) bond motifs is 1. The molecule has 1 aliphatic rings. The van der Waals surface area contributed by atoms with Gasteiger partial charge in [0.05, 0.1) is 4.90 Å². The molecule has 1 unspecified atom stereocenters. The van der Waals surface area contributed by atoms with Crippen molar-refractivity contribution in [3.8, 4) is 0 Å². The third-order valence-electron chi connectivity index (χ3n) is 4.08. The molecule has 24 heavy (non-hydrogen) atoms. The first-order chi connectivity index (χ1) is 11.4. The van der Waals surface area contributed by atoms with Gasteiger partial charge >= 0.3 is 0 Å². The number of benzene rings is 2. The van der Waals surface area contributed by atoms with Crippen molar-refractivity contribution in [2.24, 2.45) is 5.73 Å². The molecule has 3 rings (SSSR count). The maximum absolute atomic E-state index is 12.9. The molecule has 0 spiro atoms. The van der Waals surface area contributed by atoms with E-state index >= 15 is 0 Å². The van der Waals surface area contributed by atoms with E-state index in [1.54, 1.807) is 36.4 Å². The third kappa shape index (κ3) is 3.54. The van der Waals surface area contributed by atoms with Crippen LogP contribution in [0.25, 0.3) is 10.8 Å². The predicted octanol–water partition coefficient (Wildman–Crippen LogP) is 1.33. The summed E-state index contributed by atoms with van der Waals surface area (Å²) < 4.78 is 27.2. The monoisotopic (exact) mass is 367 g/mol. The molecule has 0 aliphatic carbocycles. The van der Waals surface area contributed by atoms with E-state index in [-0.39, 0.29) is 23.9 Å². The zero-order valence-corrected chi connectivity index (χ0v) is 14.5. The Hall–Kier alpha value is -1.67. The molecular weight excluding hydrogens is 350 g/mol. The molecule has 1 heterocycles. The summed E-state index contributed by atoms with van der Waals surface area (Å²) in [5.74, 6) is -0.450. The lowest BCUT2D eigenvalue weighted by molar-refractivity contribution is -0.118. The summed E-state index contributed by atoms with van der Waals surface area (Å²) in [4.78, 5) is 11.3. The van der Waals surface area contributed by atoms with E-state index in [0.29, 0.717) is 18.1 Å². The van der Waals surface area contributed by atoms with Crippen molar-refractivity contribution in [1.82, 2.24) is 9.62 Å². The Morgan fingerprint density at radius 3 is 2.71 bits per heavy atom. The van der Waals surface area contributed by atoms with Crippen LogP contribution >= 0.6 is 11.6 Å². The fraction of sp³-hybridized carbons (Fsp3) is 0.312. The molecule has 1 amide bonds. The molecule has 0 aromatic heterocycles. The number of carbonyl (C=O) groups excluding carboxylic acids is 1. The minimum Gasteiger partial charge on any atom is -0.370 e. The lowest BCUT2D eigenvalue weighted by atomic mass is 10.1. The SMILES string of the molecule is NC(=O)CC1CN(S(=O)(=O)c2ccc3cc(Cl)ccc3c2)CCN1. The molecule has 1 atom stereocenters. The number of nitrogens with zero attached hydrogens (tertiary/aromatic N) is 1. The fourth-order valence-corrected chi connectivity index (χ4v) is 4.60. The van der Waals surface area contributed by atoms with Crippen LogP contribution in [-0.2, 0) is 14.8 Å². The van der Waals surface area contributed by atoms with Gasteiger partial charge in [0.15, 0.2) is 0 Å². The third-order valence-corrected chi connectivity index (χ3v) is 6.17. The van der Waals surface area contributed by atoms with Crippen molar-refractivity contribution >= 4 is 38.3 Å². The number of nitrogens with one attached hydrogen (secondary N) is 1. The Balaban J connectivity index is 1.89. The lowest BCUT2D eigenvalue weighted by Gasteiger charge is -2.32. The van der Waals surface area contributed by atoms with Gasteiger partial charge in [-0.1, -0.05) is 23.7 Å². The Bertz CT molecular complexity index is 885. The van der Waals surface area contributed by atoms with Crippen molar-refractivity contribution in [2.45, 2.75) is 17.4 Å². The summed E-state index contributed by atoms with van der Waals surface area (Å²) in [6.45, 7) is 1.07. The maximum Gasteiger partial charge on any atom is 0.243 e. The number of piperazine rings is 1. The molecule has 1 aliphatic heterocycles. The van der Waals surface area contributed by atoms with Crippen LogP contribution in [0.5, 0.6) is 0 Å². The zero-order valence-electron chi connectivity index (χ0n) is 12.9. The van der Waals surface area contributed by atoms with Crippen molar-refractivity contribution in [3.63, 3.8) is 0 Å². The zero-order chi connectivity index (χ0) is 17.3. The summed E-state index contributed by atoms with van der Waals surface area (Å²) in [7, 11) is -3.62. The smallest absolute Gasteiger partial charge is 0.243 e. The highest BCUT2D eigenvalue weighted by atomic mass is 35.5. The first kappa shape index (κ1) is 17.2. The van der Waals surface area contributed by atoms with Gasteiger partial charge < -0.3 is 11.1 Å². The Morgan fingerprint density at radius 1 is 1.25 bits per heavy atom. The minimum atomic E-state index is -3.62. The van der Waals surface area contributed by atoms with E-state index in [4.69, 9.17) is 17.3 Å². The standard InChI is InChI=1S/C16H18ClN3O3S/c17-13-3-1-12-8-15(4-2-11(12)7-13)24(22,23)20-6-5-19-14(10-20)9-16(18)21/h1-4,7-8,14,19H,5-6,9-10H2,(H2,18,21). The molecule has 0 saturated carbocycles. The van der Waals surface area contributed by atoms with Gasteiger partial charge in [-0.2, -0.15) is 4.31 Å². The second-order valence-electron chi connectivity index (χ2n) is 5.84. The summed E-state index contributed by atoms with van der Waals surface area (Å²) in [5, 5.41) is 5.42. The number of carbonyl (C=O) groups is 1. The number of nitrogens with two attached hydrogens (primary N) is 1. The van der Waals surface area contributed by atoms with Crippen LogP contribution in [0.15, 0.2) is 41.3 Å². The Kier molecular flexibility index (Phi) is 4.78. The van der Waals surface area contributed by atoms with Crippen LogP contribution in [0.4, 0.5) is 0 Å². The van der Waals surface area contributed by atoms with Gasteiger partial charge in [-0.05, 0) is 35.0 Å². The van der Waals surface area contributed by atoms with Crippen molar-refractivity contribution in [1.29, 1.82) is 0 Å². The number of hydrogen-bond donors (Lipinski definition) is 2. The van der Waals surface area contributed by atoms with Crippen LogP contribution in [0, 0.1) is 0 Å². The van der Waals surface area contributed by atoms with Crippen LogP contribution in [0.3, 0.4) is 0 Å². The van der Waals surface area contributed by atoms with E-state index in [0.717, 1.165) is 10.8 Å². The van der Waals surface area contributed by atoms with Gasteiger partial charge in [-0.3, -0.25) is 4.79 Å². The van der Waals surface area contributed by atoms with Gasteiger partial charge in [0.2, 0.25) is 15.9 Å². The molecule has 0 radical (unpaired) electrons. The second-order valence-corrected chi connectivity index (χ2v) is 8.21. The molecule has 0 bridgehead atoms. The summed E-state index contributed by atoms with van der Waals surface area (Å²) >= 11 is 5.96. The summed E-state index contributed by atoms with van der Waals surface area (Å²) in [5.41, 5.74) is 5.21. The first-order valence-corrected chi connectivity index (χ1v) is 9.39. The molecule has 1 saturated heterocycles. The number of sulfonamides is 1. The van der Waals surface area contributed by atoms with Gasteiger partial charge in [0.25, 0.3) is 0 Å². The average molecular weight is 368 g/mol. The van der Waals surface area contributed by atoms with Gasteiger partial charge in [0.1, 0.15) is 0 Å². The van der Waals surface area contributed by atoms with Crippen LogP contribution in [0.1, 0.15) is 6.42 Å². The molecular formula is C16H18ClN3O3S. The van der Waals surface area contributed by atoms with E-state index in [9.17, 15) is 13.2 Å². The predicted molar refractivity (Wildman–Crippen MR) is 93.3 cm³/mol. The number of halogens is 1. The van der Waals surface area contributed by atoms with Crippen molar-refractivity contribution in [3.05, 3.63) is 41.4 Å². The summed E-state index contributed by atoms with van der Waals surface area (Å²) in [6, 6.07) is 10.0. The quantitative estimate of drug-likeness (QED) is 0.852. The molecule has 3 N–H and O–H groups in total. The maximum atomic E-state index is 12.9. The highest BCUT2D eigenvalue weighted by molar-refractivity contribution is 7.89. The van der Waals surface area contributed by atoms with Crippen molar-refractivity contribution < 1.29 is 13.2 Å². The molecule has 6 nitrogen and oxygen atoms in total. The van der Waals surface area contributed by atoms with E-state index in [1.165, 1.54) is 4.31 Å². The van der Waals surface area contributed by atoms with E-state index in [1.807, 2.05) is 0 Å². The van der Waals surface area contributed by atoms with E-state index in [2.05, 4.69) is 5.32 Å². The van der Waals surface area contributed by atoms with Crippen LogP contribution < -0.4 is 11.1 Å². The number of primary amides is 1. The van der Waals surface area contributed by atoms with Crippen molar-refractivity contribution in [2.75, 3.05) is 19.6 Å². The van der Waals surface area contributed by atoms with Gasteiger partial charge in [0, 0.05) is 37.1 Å². The molecule has 1 fully saturated rings. The number of rotatable bonds is 4. The molecule has 2 aromatic rings. The fourth-order valence-electron chi connectivity index (χ4n) is 2.90. The Morgan fingerprint density at radius 2 is 1.96 bits per heavy atom. The van der Waals surface area contributed by atoms with Gasteiger partial charge in [-0.15, -0.1) is 0 Å². The Labute approximate surface area is 145 Å². The normalized spacial score (nSPS) is 19.5. The molecule has 2 aromatic carbocycles. The van der Waals surface area contributed by atoms with Crippen LogP contribution in [0.2, 0.25) is 5.02 Å². The number of hydrogen-bond acceptors (Lipinski definition) is 4. The largest absolute Gasteiger partial charge is 0.370 e. The minimum absolute atomic E-state index is 0.113. The molecule has 128 valence electrons. The number of amides is 1. The average Bonchev–Trinajstić information content (AvgIpc) is 2.54. The lowest BCUT2D eigenvalue weighted by Crippen LogP contribution is -2.53. The highest BCUT2D eigenvalue weighted by Gasteiger charge is 2.30. The summed E-state index contributed by atoms with van der Waals surface area (Å²) in [6.07, 6.45) is 0.113. The van der Waals surface area contributed by atoms with E-state index < -0.39 is 15.9 Å². The first-order valence-electron chi connectivity index (χ1n) is 7.57. The van der Waals surface area contributed by atoms with Gasteiger partial charge in [-0.25, -0.2) is 8.42 Å². The molecule has 8 heteroatoms. The van der Waals surface area contributed by atoms with Crippen LogP contribution in [-0.4, -0.2) is 44.3 Å². The highest BCUT2D eigenvalue weighted by Crippen LogP contribution is 2.25.